The van der Waals surface area contributed by atoms with E-state index in [0.717, 1.165) is 24.6 Å². The predicted molar refractivity (Wildman–Crippen MR) is 115 cm³/mol. The van der Waals surface area contributed by atoms with Gasteiger partial charge in [-0.3, -0.25) is 4.98 Å². The number of alkyl halides is 3. The first-order valence-corrected chi connectivity index (χ1v) is 10.5. The Morgan fingerprint density at radius 2 is 1.97 bits per heavy atom. The average molecular weight is 457 g/mol. The summed E-state index contributed by atoms with van der Waals surface area (Å²) >= 11 is 0. The van der Waals surface area contributed by atoms with Crippen LogP contribution in [0.2, 0.25) is 0 Å². The van der Waals surface area contributed by atoms with Gasteiger partial charge < -0.3 is 4.74 Å². The lowest BCUT2D eigenvalue weighted by Gasteiger charge is -2.11. The topological polar surface area (TPSA) is 82.8 Å². The molecule has 3 aromatic heterocycles. The van der Waals surface area contributed by atoms with Gasteiger partial charge in [-0.2, -0.15) is 13.2 Å². The third-order valence-corrected chi connectivity index (χ3v) is 4.94. The van der Waals surface area contributed by atoms with Crippen molar-refractivity contribution in [3.05, 3.63) is 59.4 Å². The van der Waals surface area contributed by atoms with Crippen LogP contribution in [0.3, 0.4) is 0 Å². The quantitative estimate of drug-likeness (QED) is 0.387. The van der Waals surface area contributed by atoms with Crippen molar-refractivity contribution >= 4 is 17.7 Å². The van der Waals surface area contributed by atoms with E-state index < -0.39 is 17.8 Å². The zero-order valence-corrected chi connectivity index (χ0v) is 18.3. The van der Waals surface area contributed by atoms with E-state index in [0.29, 0.717) is 11.3 Å². The monoisotopic (exact) mass is 457 g/mol. The molecule has 0 spiro atoms. The van der Waals surface area contributed by atoms with Crippen molar-refractivity contribution in [1.29, 1.82) is 0 Å². The smallest absolute Gasteiger partial charge is 0.433 e. The molecule has 3 heterocycles. The molecule has 0 radical (unpaired) electrons. The maximum Gasteiger partial charge on any atom is 0.433 e. The van der Waals surface area contributed by atoms with Gasteiger partial charge in [0.05, 0.1) is 11.7 Å². The highest BCUT2D eigenvalue weighted by molar-refractivity contribution is 6.20. The lowest BCUT2D eigenvalue weighted by atomic mass is 10.1. The third-order valence-electron chi connectivity index (χ3n) is 4.94. The van der Waals surface area contributed by atoms with Gasteiger partial charge in [-0.1, -0.05) is 6.07 Å². The lowest BCUT2D eigenvalue weighted by molar-refractivity contribution is -0.141. The lowest BCUT2D eigenvalue weighted by Crippen LogP contribution is -2.14. The van der Waals surface area contributed by atoms with Gasteiger partial charge in [0.2, 0.25) is 0 Å². The van der Waals surface area contributed by atoms with E-state index in [1.54, 1.807) is 38.2 Å². The molecule has 0 N–H and O–H groups in total. The number of carbonyl (C=O) groups is 1. The van der Waals surface area contributed by atoms with E-state index in [-0.39, 0.29) is 29.0 Å². The van der Waals surface area contributed by atoms with Crippen LogP contribution in [-0.4, -0.2) is 36.8 Å². The number of rotatable bonds is 6. The Morgan fingerprint density at radius 3 is 2.58 bits per heavy atom. The second kappa shape index (κ2) is 8.76. The zero-order valence-electron chi connectivity index (χ0n) is 18.3. The summed E-state index contributed by atoms with van der Waals surface area (Å²) in [6.07, 6.45) is 0.985. The van der Waals surface area contributed by atoms with Crippen LogP contribution < -0.4 is 0 Å². The maximum atomic E-state index is 13.4. The average Bonchev–Trinajstić information content (AvgIpc) is 3.49. The molecule has 0 aromatic carbocycles. The molecule has 0 unspecified atom stereocenters. The number of ether oxygens (including phenoxy) is 1. The van der Waals surface area contributed by atoms with Gasteiger partial charge >= 0.3 is 12.1 Å². The highest BCUT2D eigenvalue weighted by atomic mass is 19.4. The van der Waals surface area contributed by atoms with Crippen LogP contribution in [0, 0.1) is 6.92 Å². The van der Waals surface area contributed by atoms with Crippen molar-refractivity contribution < 1.29 is 22.7 Å². The number of hydrogen-bond donors (Lipinski definition) is 0. The summed E-state index contributed by atoms with van der Waals surface area (Å²) in [4.78, 5) is 24.8. The summed E-state index contributed by atoms with van der Waals surface area (Å²) in [5.74, 6) is -0.453. The summed E-state index contributed by atoms with van der Waals surface area (Å²) in [5.41, 5.74) is 1.12. The molecule has 0 aliphatic heterocycles. The van der Waals surface area contributed by atoms with Crippen LogP contribution in [0.4, 0.5) is 13.2 Å². The first-order chi connectivity index (χ1) is 15.6. The second-order valence-electron chi connectivity index (χ2n) is 8.17. The van der Waals surface area contributed by atoms with E-state index in [1.807, 2.05) is 6.92 Å². The van der Waals surface area contributed by atoms with Crippen molar-refractivity contribution in [2.75, 3.05) is 0 Å². The molecule has 172 valence electrons. The minimum Gasteiger partial charge on any atom is -0.459 e. The third kappa shape index (κ3) is 5.44. The van der Waals surface area contributed by atoms with Crippen LogP contribution in [0.25, 0.3) is 23.2 Å². The Hall–Kier alpha value is -3.56. The molecule has 1 fully saturated rings. The Bertz CT molecular complexity index is 1200. The molecule has 7 nitrogen and oxygen atoms in total. The van der Waals surface area contributed by atoms with Gasteiger partial charge in [-0.25, -0.2) is 19.4 Å². The number of aryl methyl sites for hydroxylation is 1. The van der Waals surface area contributed by atoms with Crippen LogP contribution >= 0.6 is 0 Å². The van der Waals surface area contributed by atoms with Crippen molar-refractivity contribution in [1.82, 2.24) is 24.7 Å². The fourth-order valence-corrected chi connectivity index (χ4v) is 3.17. The number of aromatic nitrogens is 5. The van der Waals surface area contributed by atoms with Gasteiger partial charge in [0.25, 0.3) is 0 Å². The molecule has 3 aromatic rings. The second-order valence-corrected chi connectivity index (χ2v) is 8.17. The number of pyridine rings is 2. The molecule has 1 aliphatic carbocycles. The molecule has 4 rings (SSSR count). The molecule has 0 atom stereocenters. The molecular formula is C23H22F3N5O2. The predicted octanol–water partition coefficient (Wildman–Crippen LogP) is 4.89. The Labute approximate surface area is 188 Å². The Balaban J connectivity index is 1.72. The van der Waals surface area contributed by atoms with Crippen molar-refractivity contribution in [2.45, 2.75) is 51.8 Å². The fourth-order valence-electron chi connectivity index (χ4n) is 3.17. The van der Waals surface area contributed by atoms with Crippen LogP contribution in [0.1, 0.15) is 55.3 Å². The summed E-state index contributed by atoms with van der Waals surface area (Å²) in [6.45, 7) is 5.29. The van der Waals surface area contributed by atoms with Crippen LogP contribution in [0.5, 0.6) is 0 Å². The minimum atomic E-state index is -4.58. The SMILES string of the molecule is Cc1ccc(/C(=C\n2cnc(-c3cc(C4CC4)nc(C(F)(F)F)c3)n2)C(=O)OC(C)C)cn1. The van der Waals surface area contributed by atoms with E-state index in [9.17, 15) is 18.0 Å². The van der Waals surface area contributed by atoms with Crippen molar-refractivity contribution in [3.8, 4) is 11.4 Å². The van der Waals surface area contributed by atoms with Crippen molar-refractivity contribution in [3.63, 3.8) is 0 Å². The Kier molecular flexibility index (Phi) is 6.01. The van der Waals surface area contributed by atoms with Crippen molar-refractivity contribution in [2.24, 2.45) is 0 Å². The van der Waals surface area contributed by atoms with Gasteiger partial charge in [0, 0.05) is 40.8 Å². The van der Waals surface area contributed by atoms with Gasteiger partial charge in [0.1, 0.15) is 12.0 Å². The molecule has 0 saturated heterocycles. The first-order valence-electron chi connectivity index (χ1n) is 10.5. The molecule has 10 heteroatoms. The normalized spacial score (nSPS) is 14.6. The molecule has 33 heavy (non-hydrogen) atoms. The standard InChI is InChI=1S/C23H22F3N5O2/c1-13(2)33-22(32)18(16-5-4-14(3)27-10-16)11-31-12-28-21(30-31)17-8-19(15-6-7-15)29-20(9-17)23(24,25)26/h4-5,8-13,15H,6-7H2,1-3H3/b18-11+. The maximum absolute atomic E-state index is 13.4. The molecule has 0 amide bonds. The Morgan fingerprint density at radius 1 is 1.21 bits per heavy atom. The molecular weight excluding hydrogens is 435 g/mol. The molecule has 0 bridgehead atoms. The van der Waals surface area contributed by atoms with E-state index >= 15 is 0 Å². The molecule has 1 saturated carbocycles. The van der Waals surface area contributed by atoms with Gasteiger partial charge in [-0.05, 0) is 51.8 Å². The van der Waals surface area contributed by atoms with E-state index in [4.69, 9.17) is 4.74 Å². The molecule has 1 aliphatic rings. The van der Waals surface area contributed by atoms with E-state index in [2.05, 4.69) is 20.1 Å². The number of carbonyl (C=O) groups excluding carboxylic acids is 1. The highest BCUT2D eigenvalue weighted by Crippen LogP contribution is 2.41. The largest absolute Gasteiger partial charge is 0.459 e. The van der Waals surface area contributed by atoms with E-state index in [1.165, 1.54) is 17.2 Å². The van der Waals surface area contributed by atoms with Crippen LogP contribution in [-0.2, 0) is 15.7 Å². The van der Waals surface area contributed by atoms with Gasteiger partial charge in [-0.15, -0.1) is 5.10 Å². The number of nitrogens with zero attached hydrogens (tertiary/aromatic N) is 5. The summed E-state index contributed by atoms with van der Waals surface area (Å²) in [6, 6.07) is 6.02. The highest BCUT2D eigenvalue weighted by Gasteiger charge is 2.35. The summed E-state index contributed by atoms with van der Waals surface area (Å²) < 4.78 is 46.7. The summed E-state index contributed by atoms with van der Waals surface area (Å²) in [5, 5.41) is 4.27. The first kappa shape index (κ1) is 22.6. The van der Waals surface area contributed by atoms with Gasteiger partial charge in [0.15, 0.2) is 5.82 Å². The fraction of sp³-hybridized carbons (Fsp3) is 0.348. The number of hydrogen-bond acceptors (Lipinski definition) is 6. The summed E-state index contributed by atoms with van der Waals surface area (Å²) in [7, 11) is 0. The number of halogens is 3. The number of esters is 1. The minimum absolute atomic E-state index is 0.0273. The van der Waals surface area contributed by atoms with Crippen LogP contribution in [0.15, 0.2) is 36.8 Å². The zero-order chi connectivity index (χ0) is 23.8.